The predicted octanol–water partition coefficient (Wildman–Crippen LogP) is 2.64. The molecule has 0 unspecified atom stereocenters. The lowest BCUT2D eigenvalue weighted by Gasteiger charge is -2.23. The van der Waals surface area contributed by atoms with Gasteiger partial charge in [-0.25, -0.2) is 4.39 Å². The van der Waals surface area contributed by atoms with Crippen molar-refractivity contribution in [1.29, 1.82) is 5.26 Å². The van der Waals surface area contributed by atoms with E-state index in [4.69, 9.17) is 5.26 Å². The predicted molar refractivity (Wildman–Crippen MR) is 65.3 cm³/mol. The van der Waals surface area contributed by atoms with Gasteiger partial charge in [0.15, 0.2) is 0 Å². The molecular formula is C12H13FN2S. The fourth-order valence-electron chi connectivity index (χ4n) is 1.86. The van der Waals surface area contributed by atoms with Gasteiger partial charge in [0, 0.05) is 18.8 Å². The van der Waals surface area contributed by atoms with Crippen LogP contribution in [0.2, 0.25) is 0 Å². The van der Waals surface area contributed by atoms with Crippen LogP contribution in [-0.4, -0.2) is 24.6 Å². The molecular weight excluding hydrogens is 223 g/mol. The normalized spacial score (nSPS) is 16.6. The first-order valence-electron chi connectivity index (χ1n) is 5.33. The first kappa shape index (κ1) is 11.3. The molecule has 0 amide bonds. The summed E-state index contributed by atoms with van der Waals surface area (Å²) >= 11 is 1.93. The largest absolute Gasteiger partial charge is 0.370 e. The lowest BCUT2D eigenvalue weighted by atomic mass is 10.1. The van der Waals surface area contributed by atoms with Crippen molar-refractivity contribution < 1.29 is 4.39 Å². The molecule has 0 aromatic heterocycles. The van der Waals surface area contributed by atoms with Crippen molar-refractivity contribution in [2.75, 3.05) is 29.5 Å². The number of anilines is 1. The molecule has 0 radical (unpaired) electrons. The van der Waals surface area contributed by atoms with Crippen molar-refractivity contribution in [3.63, 3.8) is 0 Å². The smallest absolute Gasteiger partial charge is 0.124 e. The highest BCUT2D eigenvalue weighted by molar-refractivity contribution is 7.99. The van der Waals surface area contributed by atoms with Gasteiger partial charge in [-0.2, -0.15) is 17.0 Å². The minimum absolute atomic E-state index is 0.343. The summed E-state index contributed by atoms with van der Waals surface area (Å²) in [5.74, 6) is 1.89. The van der Waals surface area contributed by atoms with Crippen molar-refractivity contribution in [2.45, 2.75) is 6.42 Å². The SMILES string of the molecule is N#Cc1cc(F)ccc1N1CCCSCC1. The zero-order valence-electron chi connectivity index (χ0n) is 8.95. The van der Waals surface area contributed by atoms with Crippen LogP contribution in [0.3, 0.4) is 0 Å². The number of halogens is 1. The molecule has 4 heteroatoms. The maximum absolute atomic E-state index is 13.0. The molecule has 0 bridgehead atoms. The molecule has 0 saturated carbocycles. The zero-order chi connectivity index (χ0) is 11.4. The van der Waals surface area contributed by atoms with Crippen LogP contribution in [0.15, 0.2) is 18.2 Å². The third-order valence-electron chi connectivity index (χ3n) is 2.64. The average Bonchev–Trinajstić information content (AvgIpc) is 2.57. The van der Waals surface area contributed by atoms with E-state index in [1.165, 1.54) is 17.9 Å². The van der Waals surface area contributed by atoms with E-state index in [2.05, 4.69) is 11.0 Å². The second-order valence-corrected chi connectivity index (χ2v) is 4.95. The van der Waals surface area contributed by atoms with Crippen LogP contribution < -0.4 is 4.90 Å². The van der Waals surface area contributed by atoms with Crippen molar-refractivity contribution in [2.24, 2.45) is 0 Å². The molecule has 1 aliphatic heterocycles. The lowest BCUT2D eigenvalue weighted by molar-refractivity contribution is 0.627. The number of benzene rings is 1. The maximum atomic E-state index is 13.0. The van der Waals surface area contributed by atoms with E-state index < -0.39 is 0 Å². The monoisotopic (exact) mass is 236 g/mol. The Morgan fingerprint density at radius 2 is 2.19 bits per heavy atom. The molecule has 2 nitrogen and oxygen atoms in total. The highest BCUT2D eigenvalue weighted by Crippen LogP contribution is 2.23. The third-order valence-corrected chi connectivity index (χ3v) is 3.69. The van der Waals surface area contributed by atoms with Gasteiger partial charge in [-0.05, 0) is 30.4 Å². The van der Waals surface area contributed by atoms with Crippen LogP contribution in [0.1, 0.15) is 12.0 Å². The molecule has 1 saturated heterocycles. The molecule has 1 fully saturated rings. The number of hydrogen-bond acceptors (Lipinski definition) is 3. The Morgan fingerprint density at radius 1 is 1.31 bits per heavy atom. The van der Waals surface area contributed by atoms with Crippen LogP contribution in [0.5, 0.6) is 0 Å². The molecule has 16 heavy (non-hydrogen) atoms. The fraction of sp³-hybridized carbons (Fsp3) is 0.417. The molecule has 1 aromatic carbocycles. The minimum atomic E-state index is -0.343. The van der Waals surface area contributed by atoms with Crippen LogP contribution in [-0.2, 0) is 0 Å². The minimum Gasteiger partial charge on any atom is -0.370 e. The summed E-state index contributed by atoms with van der Waals surface area (Å²) in [5.41, 5.74) is 1.30. The van der Waals surface area contributed by atoms with E-state index in [-0.39, 0.29) is 5.82 Å². The summed E-state index contributed by atoms with van der Waals surface area (Å²) in [6.07, 6.45) is 1.12. The molecule has 1 aromatic rings. The van der Waals surface area contributed by atoms with Crippen molar-refractivity contribution in [1.82, 2.24) is 0 Å². The van der Waals surface area contributed by atoms with Gasteiger partial charge in [-0.15, -0.1) is 0 Å². The number of nitriles is 1. The van der Waals surface area contributed by atoms with Crippen molar-refractivity contribution >= 4 is 17.4 Å². The van der Waals surface area contributed by atoms with Gasteiger partial charge in [0.05, 0.1) is 11.3 Å². The Morgan fingerprint density at radius 3 is 3.00 bits per heavy atom. The summed E-state index contributed by atoms with van der Waals surface area (Å²) in [5, 5.41) is 9.00. The Kier molecular flexibility index (Phi) is 3.68. The Hall–Kier alpha value is -1.21. The van der Waals surface area contributed by atoms with E-state index in [0.29, 0.717) is 5.56 Å². The second kappa shape index (κ2) is 5.22. The molecule has 0 N–H and O–H groups in total. The summed E-state index contributed by atoms with van der Waals surface area (Å²) < 4.78 is 13.0. The van der Waals surface area contributed by atoms with Crippen LogP contribution in [0.25, 0.3) is 0 Å². The number of rotatable bonds is 1. The van der Waals surface area contributed by atoms with Gasteiger partial charge in [0.25, 0.3) is 0 Å². The standard InChI is InChI=1S/C12H13FN2S/c13-11-2-3-12(10(8-11)9-14)15-4-1-6-16-7-5-15/h2-3,8H,1,4-7H2. The molecule has 1 heterocycles. The quantitative estimate of drug-likeness (QED) is 0.750. The molecule has 1 aliphatic rings. The van der Waals surface area contributed by atoms with Gasteiger partial charge in [-0.1, -0.05) is 0 Å². The molecule has 0 atom stereocenters. The molecule has 84 valence electrons. The highest BCUT2D eigenvalue weighted by Gasteiger charge is 2.13. The first-order valence-corrected chi connectivity index (χ1v) is 6.49. The topological polar surface area (TPSA) is 27.0 Å². The van der Waals surface area contributed by atoms with E-state index in [9.17, 15) is 4.39 Å². The van der Waals surface area contributed by atoms with Crippen LogP contribution in [0, 0.1) is 17.1 Å². The lowest BCUT2D eigenvalue weighted by Crippen LogP contribution is -2.26. The first-order chi connectivity index (χ1) is 7.81. The summed E-state index contributed by atoms with van der Waals surface area (Å²) in [7, 11) is 0. The van der Waals surface area contributed by atoms with Crippen LogP contribution in [0.4, 0.5) is 10.1 Å². The summed E-state index contributed by atoms with van der Waals surface area (Å²) in [6, 6.07) is 6.52. The van der Waals surface area contributed by atoms with Gasteiger partial charge in [0.1, 0.15) is 11.9 Å². The Balaban J connectivity index is 2.28. The number of thioether (sulfide) groups is 1. The molecule has 0 spiro atoms. The second-order valence-electron chi connectivity index (χ2n) is 3.73. The van der Waals surface area contributed by atoms with Crippen molar-refractivity contribution in [3.05, 3.63) is 29.6 Å². The zero-order valence-corrected chi connectivity index (χ0v) is 9.76. The summed E-state index contributed by atoms with van der Waals surface area (Å²) in [6.45, 7) is 1.89. The number of hydrogen-bond donors (Lipinski definition) is 0. The van der Waals surface area contributed by atoms with E-state index in [1.807, 2.05) is 11.8 Å². The van der Waals surface area contributed by atoms with Crippen LogP contribution >= 0.6 is 11.8 Å². The fourth-order valence-corrected chi connectivity index (χ4v) is 2.75. The van der Waals surface area contributed by atoms with Gasteiger partial charge in [0.2, 0.25) is 0 Å². The van der Waals surface area contributed by atoms with Gasteiger partial charge < -0.3 is 4.90 Å². The number of nitrogens with zero attached hydrogens (tertiary/aromatic N) is 2. The van der Waals surface area contributed by atoms with Gasteiger partial charge in [-0.3, -0.25) is 0 Å². The third kappa shape index (κ3) is 2.48. The van der Waals surface area contributed by atoms with E-state index in [0.717, 1.165) is 31.0 Å². The Labute approximate surface area is 99.1 Å². The summed E-state index contributed by atoms with van der Waals surface area (Å²) in [4.78, 5) is 2.18. The maximum Gasteiger partial charge on any atom is 0.124 e. The average molecular weight is 236 g/mol. The van der Waals surface area contributed by atoms with Gasteiger partial charge >= 0.3 is 0 Å². The van der Waals surface area contributed by atoms with E-state index >= 15 is 0 Å². The Bertz CT molecular complexity index is 406. The van der Waals surface area contributed by atoms with Crippen molar-refractivity contribution in [3.8, 4) is 6.07 Å². The molecule has 2 rings (SSSR count). The molecule has 0 aliphatic carbocycles. The highest BCUT2D eigenvalue weighted by atomic mass is 32.2. The van der Waals surface area contributed by atoms with E-state index in [1.54, 1.807) is 6.07 Å².